The number of carbonyl (C=O) groups is 5. The van der Waals surface area contributed by atoms with E-state index in [0.717, 1.165) is 10.9 Å². The number of carbonyl (C=O) groups excluding carboxylic acids is 4. The second-order valence-electron chi connectivity index (χ2n) is 9.40. The van der Waals surface area contributed by atoms with Crippen molar-refractivity contribution in [3.05, 3.63) is 65.9 Å². The van der Waals surface area contributed by atoms with Gasteiger partial charge in [-0.1, -0.05) is 30.3 Å². The maximum atomic E-state index is 13.3. The third kappa shape index (κ3) is 8.04. The molecule has 0 aliphatic carbocycles. The normalized spacial score (nSPS) is 13.9. The monoisotopic (exact) mass is 552 g/mol. The first-order valence-corrected chi connectivity index (χ1v) is 12.4. The maximum Gasteiger partial charge on any atom is 0.326 e. The summed E-state index contributed by atoms with van der Waals surface area (Å²) in [6.45, 7) is 1.36. The minimum absolute atomic E-state index is 0.00194. The zero-order chi connectivity index (χ0) is 29.4. The summed E-state index contributed by atoms with van der Waals surface area (Å²) in [5, 5.41) is 27.6. The van der Waals surface area contributed by atoms with Crippen LogP contribution in [-0.2, 0) is 36.8 Å². The molecule has 0 aliphatic heterocycles. The van der Waals surface area contributed by atoms with E-state index in [9.17, 15) is 34.2 Å². The minimum Gasteiger partial charge on any atom is -0.508 e. The number of phenols is 1. The first kappa shape index (κ1) is 29.6. The summed E-state index contributed by atoms with van der Waals surface area (Å²) in [7, 11) is 0. The molecular formula is C27H32N6O7. The van der Waals surface area contributed by atoms with E-state index in [1.165, 1.54) is 19.1 Å². The van der Waals surface area contributed by atoms with Gasteiger partial charge in [-0.2, -0.15) is 0 Å². The smallest absolute Gasteiger partial charge is 0.326 e. The van der Waals surface area contributed by atoms with Crippen LogP contribution in [0.25, 0.3) is 10.9 Å². The van der Waals surface area contributed by atoms with E-state index in [-0.39, 0.29) is 18.6 Å². The van der Waals surface area contributed by atoms with Crippen LogP contribution in [0.2, 0.25) is 0 Å². The quantitative estimate of drug-likeness (QED) is 0.136. The van der Waals surface area contributed by atoms with E-state index in [1.54, 1.807) is 18.3 Å². The number of hydrogen-bond donors (Lipinski definition) is 8. The molecule has 0 radical (unpaired) electrons. The Kier molecular flexibility index (Phi) is 9.81. The predicted molar refractivity (Wildman–Crippen MR) is 145 cm³/mol. The Balaban J connectivity index is 1.76. The minimum atomic E-state index is -1.31. The molecule has 3 aromatic rings. The van der Waals surface area contributed by atoms with Gasteiger partial charge in [0.15, 0.2) is 0 Å². The second-order valence-corrected chi connectivity index (χ2v) is 9.40. The number of primary amides is 1. The highest BCUT2D eigenvalue weighted by Crippen LogP contribution is 2.19. The van der Waals surface area contributed by atoms with Crippen LogP contribution < -0.4 is 27.4 Å². The average Bonchev–Trinajstić information content (AvgIpc) is 3.31. The molecule has 212 valence electrons. The molecule has 3 rings (SSSR count). The number of amides is 4. The molecular weight excluding hydrogens is 520 g/mol. The van der Waals surface area contributed by atoms with Gasteiger partial charge >= 0.3 is 5.97 Å². The van der Waals surface area contributed by atoms with Gasteiger partial charge in [-0.25, -0.2) is 4.79 Å². The summed E-state index contributed by atoms with van der Waals surface area (Å²) in [4.78, 5) is 64.6. The Morgan fingerprint density at radius 1 is 0.875 bits per heavy atom. The molecule has 40 heavy (non-hydrogen) atoms. The lowest BCUT2D eigenvalue weighted by molar-refractivity contribution is -0.142. The number of nitrogens with two attached hydrogens (primary N) is 2. The third-order valence-electron chi connectivity index (χ3n) is 6.23. The molecule has 4 atom stereocenters. The standard InChI is InChI=1S/C27H32N6O7/c1-14(31-25(37)19(28)12-23(29)35)24(36)32-21(10-15-6-8-17(34)9-7-15)26(38)33-22(27(39)40)11-16-13-30-20-5-3-2-4-18(16)20/h2-9,13-14,19,21-22,30,34H,10-12,28H2,1H3,(H2,29,35)(H,31,37)(H,32,36)(H,33,38)(H,39,40). The number of aliphatic carboxylic acids is 1. The highest BCUT2D eigenvalue weighted by molar-refractivity contribution is 5.95. The van der Waals surface area contributed by atoms with Crippen LogP contribution in [0.1, 0.15) is 24.5 Å². The fraction of sp³-hybridized carbons (Fsp3) is 0.296. The van der Waals surface area contributed by atoms with Crippen molar-refractivity contribution in [2.45, 2.75) is 50.4 Å². The number of H-pyrrole nitrogens is 1. The third-order valence-corrected chi connectivity index (χ3v) is 6.23. The predicted octanol–water partition coefficient (Wildman–Crippen LogP) is -0.580. The summed E-state index contributed by atoms with van der Waals surface area (Å²) in [6.07, 6.45) is 1.20. The molecule has 10 N–H and O–H groups in total. The molecule has 4 amide bonds. The van der Waals surface area contributed by atoms with Crippen LogP contribution in [0, 0.1) is 0 Å². The number of rotatable bonds is 13. The molecule has 0 saturated carbocycles. The SMILES string of the molecule is CC(NC(=O)C(N)CC(N)=O)C(=O)NC(Cc1ccc(O)cc1)C(=O)NC(Cc1c[nH]c2ccccc12)C(=O)O. The van der Waals surface area contributed by atoms with E-state index in [4.69, 9.17) is 11.5 Å². The molecule has 13 heteroatoms. The molecule has 0 bridgehead atoms. The van der Waals surface area contributed by atoms with Gasteiger partial charge in [0.2, 0.25) is 23.6 Å². The largest absolute Gasteiger partial charge is 0.508 e. The van der Waals surface area contributed by atoms with Crippen LogP contribution in [0.5, 0.6) is 5.75 Å². The van der Waals surface area contributed by atoms with Crippen molar-refractivity contribution in [3.63, 3.8) is 0 Å². The molecule has 0 fully saturated rings. The van der Waals surface area contributed by atoms with Gasteiger partial charge in [0.05, 0.1) is 12.5 Å². The second kappa shape index (κ2) is 13.2. The van der Waals surface area contributed by atoms with Gasteiger partial charge in [-0.15, -0.1) is 0 Å². The van der Waals surface area contributed by atoms with Crippen LogP contribution >= 0.6 is 0 Å². The van der Waals surface area contributed by atoms with E-state index in [2.05, 4.69) is 20.9 Å². The zero-order valence-electron chi connectivity index (χ0n) is 21.7. The molecule has 0 saturated heterocycles. The Morgan fingerprint density at radius 3 is 2.17 bits per heavy atom. The summed E-state index contributed by atoms with van der Waals surface area (Å²) >= 11 is 0. The summed E-state index contributed by atoms with van der Waals surface area (Å²) in [5.74, 6) is -4.35. The molecule has 4 unspecified atom stereocenters. The Morgan fingerprint density at radius 2 is 1.52 bits per heavy atom. The van der Waals surface area contributed by atoms with Crippen molar-refractivity contribution < 1.29 is 34.2 Å². The van der Waals surface area contributed by atoms with Gasteiger partial charge in [0.1, 0.15) is 23.9 Å². The van der Waals surface area contributed by atoms with E-state index in [1.807, 2.05) is 24.3 Å². The van der Waals surface area contributed by atoms with Crippen molar-refractivity contribution in [1.29, 1.82) is 0 Å². The number of benzene rings is 2. The fourth-order valence-electron chi connectivity index (χ4n) is 4.06. The molecule has 2 aromatic carbocycles. The lowest BCUT2D eigenvalue weighted by Crippen LogP contribution is -2.57. The van der Waals surface area contributed by atoms with Crippen LogP contribution in [0.3, 0.4) is 0 Å². The Hall–Kier alpha value is -4.91. The number of phenolic OH excluding ortho intramolecular Hbond substituents is 1. The van der Waals surface area contributed by atoms with Crippen LogP contribution in [-0.4, -0.2) is 69.0 Å². The highest BCUT2D eigenvalue weighted by Gasteiger charge is 2.30. The number of hydrogen-bond acceptors (Lipinski definition) is 7. The van der Waals surface area contributed by atoms with Crippen molar-refractivity contribution >= 4 is 40.5 Å². The lowest BCUT2D eigenvalue weighted by atomic mass is 10.0. The maximum absolute atomic E-state index is 13.3. The van der Waals surface area contributed by atoms with Gasteiger partial charge in [-0.3, -0.25) is 19.2 Å². The number of fused-ring (bicyclic) bond motifs is 1. The lowest BCUT2D eigenvalue weighted by Gasteiger charge is -2.24. The highest BCUT2D eigenvalue weighted by atomic mass is 16.4. The number of aromatic amines is 1. The molecule has 0 aliphatic rings. The van der Waals surface area contributed by atoms with Gasteiger partial charge in [0, 0.05) is 29.9 Å². The van der Waals surface area contributed by atoms with Crippen molar-refractivity contribution in [3.8, 4) is 5.75 Å². The summed E-state index contributed by atoms with van der Waals surface area (Å²) in [6, 6.07) is 8.30. The van der Waals surface area contributed by atoms with Gasteiger partial charge in [-0.05, 0) is 36.2 Å². The molecule has 13 nitrogen and oxygen atoms in total. The van der Waals surface area contributed by atoms with E-state index >= 15 is 0 Å². The number of para-hydroxylation sites is 1. The molecule has 1 aromatic heterocycles. The van der Waals surface area contributed by atoms with Crippen molar-refractivity contribution in [2.24, 2.45) is 11.5 Å². The fourth-order valence-corrected chi connectivity index (χ4v) is 4.06. The number of aromatic hydroxyl groups is 1. The number of aromatic nitrogens is 1. The molecule has 0 spiro atoms. The Labute approximate surface area is 229 Å². The first-order chi connectivity index (χ1) is 18.9. The van der Waals surface area contributed by atoms with Gasteiger partial charge in [0.25, 0.3) is 0 Å². The number of carboxylic acids is 1. The van der Waals surface area contributed by atoms with Crippen LogP contribution in [0.4, 0.5) is 0 Å². The van der Waals surface area contributed by atoms with E-state index < -0.39 is 60.2 Å². The topological polar surface area (TPSA) is 230 Å². The Bertz CT molecular complexity index is 1390. The van der Waals surface area contributed by atoms with Gasteiger partial charge < -0.3 is 42.6 Å². The number of nitrogens with one attached hydrogen (secondary N) is 4. The first-order valence-electron chi connectivity index (χ1n) is 12.4. The average molecular weight is 553 g/mol. The molecule has 1 heterocycles. The summed E-state index contributed by atoms with van der Waals surface area (Å²) < 4.78 is 0. The van der Waals surface area contributed by atoms with Crippen molar-refractivity contribution in [2.75, 3.05) is 0 Å². The summed E-state index contributed by atoms with van der Waals surface area (Å²) in [5.41, 5.74) is 12.7. The zero-order valence-corrected chi connectivity index (χ0v) is 21.7. The number of carboxylic acid groups (broad SMARTS) is 1. The van der Waals surface area contributed by atoms with Crippen molar-refractivity contribution in [1.82, 2.24) is 20.9 Å². The van der Waals surface area contributed by atoms with Crippen LogP contribution in [0.15, 0.2) is 54.7 Å². The van der Waals surface area contributed by atoms with E-state index in [0.29, 0.717) is 11.1 Å².